The lowest BCUT2D eigenvalue weighted by molar-refractivity contribution is -0.139. The molecular weight excluding hydrogens is 450 g/mol. The third-order valence-corrected chi connectivity index (χ3v) is 5.13. The number of rotatable bonds is 8. The summed E-state index contributed by atoms with van der Waals surface area (Å²) in [5.74, 6) is -5.75. The third kappa shape index (κ3) is 5.26. The van der Waals surface area contributed by atoms with Crippen molar-refractivity contribution < 1.29 is 37.2 Å². The monoisotopic (exact) mass is 467 g/mol. The number of aliphatic carboxylic acids is 1. The molecule has 0 saturated carbocycles. The van der Waals surface area contributed by atoms with E-state index in [1.165, 1.54) is 42.6 Å². The van der Waals surface area contributed by atoms with Crippen molar-refractivity contribution in [2.45, 2.75) is 29.9 Å². The molecule has 168 valence electrons. The van der Waals surface area contributed by atoms with Gasteiger partial charge in [-0.25, -0.2) is 13.2 Å². The van der Waals surface area contributed by atoms with Gasteiger partial charge >= 0.3 is 5.97 Å². The Morgan fingerprint density at radius 2 is 1.81 bits per heavy atom. The van der Waals surface area contributed by atoms with Gasteiger partial charge in [0.05, 0.1) is 30.8 Å². The molecule has 0 unspecified atom stereocenters. The van der Waals surface area contributed by atoms with Gasteiger partial charge in [0.25, 0.3) is 0 Å². The number of benzene rings is 2. The number of aliphatic hydroxyl groups is 2. The second-order valence-corrected chi connectivity index (χ2v) is 7.61. The normalized spacial score (nSPS) is 13.6. The number of nitrogens with zero attached hydrogens (tertiary/aromatic N) is 1. The van der Waals surface area contributed by atoms with E-state index in [2.05, 4.69) is 4.98 Å². The van der Waals surface area contributed by atoms with E-state index in [1.807, 2.05) is 0 Å². The quantitative estimate of drug-likeness (QED) is 0.323. The van der Waals surface area contributed by atoms with Crippen molar-refractivity contribution in [2.24, 2.45) is 0 Å². The number of hydrogen-bond donors (Lipinski definition) is 3. The molecule has 10 heteroatoms. The molecule has 3 rings (SSSR count). The Labute approximate surface area is 184 Å². The van der Waals surface area contributed by atoms with Gasteiger partial charge in [0.2, 0.25) is 0 Å². The number of pyridine rings is 1. The SMILES string of the molecule is O=C(O)C[C@H](O)C[C@H](O)C=Cc1cnc2c(F)c(F)c(F)cc2c1-c1ccc(SF)cc1. The molecule has 5 nitrogen and oxygen atoms in total. The second-order valence-electron chi connectivity index (χ2n) is 6.99. The van der Waals surface area contributed by atoms with Crippen molar-refractivity contribution in [3.05, 3.63) is 65.6 Å². The van der Waals surface area contributed by atoms with E-state index >= 15 is 0 Å². The number of carboxylic acids is 1. The number of fused-ring (bicyclic) bond motifs is 1. The Hall–Kier alpha value is -2.95. The smallest absolute Gasteiger partial charge is 0.305 e. The van der Waals surface area contributed by atoms with Crippen LogP contribution in [0.1, 0.15) is 18.4 Å². The average Bonchev–Trinajstić information content (AvgIpc) is 2.75. The van der Waals surface area contributed by atoms with Gasteiger partial charge < -0.3 is 15.3 Å². The van der Waals surface area contributed by atoms with Crippen LogP contribution in [0, 0.1) is 17.5 Å². The maximum Gasteiger partial charge on any atom is 0.305 e. The number of halogens is 4. The lowest BCUT2D eigenvalue weighted by Crippen LogP contribution is -2.19. The van der Waals surface area contributed by atoms with E-state index in [0.717, 1.165) is 6.07 Å². The highest BCUT2D eigenvalue weighted by molar-refractivity contribution is 7.94. The van der Waals surface area contributed by atoms with Crippen LogP contribution < -0.4 is 0 Å². The lowest BCUT2D eigenvalue weighted by atomic mass is 9.95. The first-order valence-electron chi connectivity index (χ1n) is 9.32. The van der Waals surface area contributed by atoms with Gasteiger partial charge in [-0.3, -0.25) is 9.78 Å². The van der Waals surface area contributed by atoms with Crippen LogP contribution in [0.2, 0.25) is 0 Å². The minimum Gasteiger partial charge on any atom is -0.481 e. The van der Waals surface area contributed by atoms with Crippen LogP contribution in [0.15, 0.2) is 47.5 Å². The number of aromatic nitrogens is 1. The van der Waals surface area contributed by atoms with Crippen LogP contribution in [-0.4, -0.2) is 38.5 Å². The molecule has 0 fully saturated rings. The first-order valence-corrected chi connectivity index (χ1v) is 10.0. The fraction of sp³-hybridized carbons (Fsp3) is 0.182. The number of hydrogen-bond acceptors (Lipinski definition) is 5. The molecule has 0 aliphatic heterocycles. The van der Waals surface area contributed by atoms with E-state index in [1.54, 1.807) is 0 Å². The first-order chi connectivity index (χ1) is 15.2. The lowest BCUT2D eigenvalue weighted by Gasteiger charge is -2.14. The second kappa shape index (κ2) is 10.1. The highest BCUT2D eigenvalue weighted by atomic mass is 32.2. The molecule has 2 aromatic carbocycles. The Bertz CT molecular complexity index is 1170. The summed E-state index contributed by atoms with van der Waals surface area (Å²) < 4.78 is 54.8. The highest BCUT2D eigenvalue weighted by Crippen LogP contribution is 2.35. The van der Waals surface area contributed by atoms with E-state index in [0.29, 0.717) is 16.0 Å². The van der Waals surface area contributed by atoms with Crippen molar-refractivity contribution in [3.8, 4) is 11.1 Å². The minimum atomic E-state index is -1.66. The van der Waals surface area contributed by atoms with Crippen LogP contribution in [0.3, 0.4) is 0 Å². The zero-order valence-corrected chi connectivity index (χ0v) is 17.1. The summed E-state index contributed by atoms with van der Waals surface area (Å²) in [6, 6.07) is 6.74. The molecular formula is C22H17F4NO4S. The fourth-order valence-corrected chi connectivity index (χ4v) is 3.47. The summed E-state index contributed by atoms with van der Waals surface area (Å²) in [6.07, 6.45) is 0.550. The van der Waals surface area contributed by atoms with Crippen molar-refractivity contribution in [2.75, 3.05) is 0 Å². The van der Waals surface area contributed by atoms with Crippen LogP contribution in [0.5, 0.6) is 0 Å². The summed E-state index contributed by atoms with van der Waals surface area (Å²) >= 11 is 0.0169. The summed E-state index contributed by atoms with van der Waals surface area (Å²) in [6.45, 7) is 0. The average molecular weight is 467 g/mol. The number of carbonyl (C=O) groups is 1. The van der Waals surface area contributed by atoms with Crippen molar-refractivity contribution in [1.29, 1.82) is 0 Å². The summed E-state index contributed by atoms with van der Waals surface area (Å²) in [4.78, 5) is 14.8. The van der Waals surface area contributed by atoms with Crippen molar-refractivity contribution in [3.63, 3.8) is 0 Å². The molecule has 0 aliphatic rings. The van der Waals surface area contributed by atoms with Crippen LogP contribution in [0.4, 0.5) is 17.1 Å². The third-order valence-electron chi connectivity index (χ3n) is 4.68. The first kappa shape index (κ1) is 23.7. The molecule has 0 amide bonds. The zero-order valence-electron chi connectivity index (χ0n) is 16.3. The summed E-state index contributed by atoms with van der Waals surface area (Å²) in [7, 11) is 0. The molecule has 0 saturated heterocycles. The Kier molecular flexibility index (Phi) is 7.49. The van der Waals surface area contributed by atoms with Crippen LogP contribution >= 0.6 is 12.1 Å². The largest absolute Gasteiger partial charge is 0.481 e. The predicted molar refractivity (Wildman–Crippen MR) is 112 cm³/mol. The predicted octanol–water partition coefficient (Wildman–Crippen LogP) is 4.90. The molecule has 3 aromatic rings. The Morgan fingerprint density at radius 3 is 2.44 bits per heavy atom. The maximum absolute atomic E-state index is 14.3. The van der Waals surface area contributed by atoms with Gasteiger partial charge in [-0.2, -0.15) is 3.89 Å². The van der Waals surface area contributed by atoms with Gasteiger partial charge in [0.15, 0.2) is 17.5 Å². The van der Waals surface area contributed by atoms with Gasteiger partial charge in [0.1, 0.15) is 5.52 Å². The minimum absolute atomic E-state index is 0.0169. The topological polar surface area (TPSA) is 90.7 Å². The van der Waals surface area contributed by atoms with Gasteiger partial charge in [-0.15, -0.1) is 0 Å². The molecule has 1 aromatic heterocycles. The summed E-state index contributed by atoms with van der Waals surface area (Å²) in [5.41, 5.74) is 0.589. The molecule has 0 radical (unpaired) electrons. The van der Waals surface area contributed by atoms with Crippen LogP contribution in [-0.2, 0) is 4.79 Å². The standard InChI is InChI=1S/C22H17F4NO4S/c23-17-9-16-19(11-2-5-15(32-26)6-3-11)12(10-27-22(16)21(25)20(17)24)1-4-13(28)7-14(29)8-18(30)31/h1-6,9-10,13-14,28-29H,7-8H2,(H,30,31)/t13-,14-/m1/s1. The van der Waals surface area contributed by atoms with Crippen molar-refractivity contribution >= 4 is 35.1 Å². The molecule has 32 heavy (non-hydrogen) atoms. The maximum atomic E-state index is 14.3. The molecule has 0 spiro atoms. The highest BCUT2D eigenvalue weighted by Gasteiger charge is 2.20. The Morgan fingerprint density at radius 1 is 1.12 bits per heavy atom. The molecule has 2 atom stereocenters. The summed E-state index contributed by atoms with van der Waals surface area (Å²) in [5, 5.41) is 28.4. The number of aliphatic hydroxyl groups excluding tert-OH is 2. The van der Waals surface area contributed by atoms with Gasteiger partial charge in [-0.05, 0) is 23.8 Å². The van der Waals surface area contributed by atoms with E-state index in [9.17, 15) is 32.1 Å². The fourth-order valence-electron chi connectivity index (χ4n) is 3.23. The van der Waals surface area contributed by atoms with E-state index in [-0.39, 0.29) is 29.5 Å². The zero-order chi connectivity index (χ0) is 23.4. The molecule has 3 N–H and O–H groups in total. The molecule has 0 aliphatic carbocycles. The van der Waals surface area contributed by atoms with Crippen LogP contribution in [0.25, 0.3) is 28.1 Å². The Balaban J connectivity index is 2.09. The van der Waals surface area contributed by atoms with Gasteiger partial charge in [0, 0.05) is 34.0 Å². The molecule has 0 bridgehead atoms. The van der Waals surface area contributed by atoms with Gasteiger partial charge in [-0.1, -0.05) is 24.3 Å². The number of carboxylic acid groups (broad SMARTS) is 1. The van der Waals surface area contributed by atoms with E-state index < -0.39 is 47.6 Å². The van der Waals surface area contributed by atoms with Crippen molar-refractivity contribution in [1.82, 2.24) is 4.98 Å². The molecule has 1 heterocycles. The van der Waals surface area contributed by atoms with E-state index in [4.69, 9.17) is 5.11 Å².